The van der Waals surface area contributed by atoms with Crippen molar-refractivity contribution in [1.82, 2.24) is 5.01 Å². The van der Waals surface area contributed by atoms with E-state index in [2.05, 4.69) is 10.1 Å². The molecule has 0 bridgehead atoms. The first-order valence-corrected chi connectivity index (χ1v) is 13.1. The van der Waals surface area contributed by atoms with Crippen LogP contribution in [-0.2, 0) is 4.79 Å². The Bertz CT molecular complexity index is 1510. The third-order valence-electron chi connectivity index (χ3n) is 5.77. The smallest absolute Gasteiger partial charge is 0.283 e. The number of nitrogens with one attached hydrogen (secondary N) is 1. The molecule has 204 valence electrons. The fraction of sp³-hybridized carbons (Fsp3) is 0.172. The normalized spacial score (nSPS) is 15.3. The number of ether oxygens (including phenoxy) is 5. The molecule has 0 radical (unpaired) electrons. The number of hydrogen-bond acceptors (Lipinski definition) is 9. The quantitative estimate of drug-likeness (QED) is 0.262. The highest BCUT2D eigenvalue weighted by Crippen LogP contribution is 2.32. The van der Waals surface area contributed by atoms with Gasteiger partial charge in [-0.05, 0) is 59.8 Å². The second kappa shape index (κ2) is 12.4. The first-order chi connectivity index (χ1) is 19.6. The van der Waals surface area contributed by atoms with Crippen LogP contribution in [0.1, 0.15) is 5.56 Å². The standard InChI is InChI=1S/C29H26N4O6S/c1-35-22-10-6-7-11-23(22)37-14-15-38-24-13-12-19(17-25(24)36-2)16-21-27(30)33-29(31-28(21)34)40-26(32-33)18-39-20-8-4-3-5-9-20/h3-13,16-17,30H,14-15,18H2,1-2H3/b21-16-,30-27?. The van der Waals surface area contributed by atoms with Crippen LogP contribution in [0, 0.1) is 5.41 Å². The van der Waals surface area contributed by atoms with Crippen molar-refractivity contribution in [3.63, 3.8) is 0 Å². The molecule has 0 fully saturated rings. The van der Waals surface area contributed by atoms with E-state index < -0.39 is 5.91 Å². The molecule has 0 aromatic heterocycles. The summed E-state index contributed by atoms with van der Waals surface area (Å²) in [4.78, 5) is 16.9. The van der Waals surface area contributed by atoms with Crippen molar-refractivity contribution in [2.24, 2.45) is 10.1 Å². The van der Waals surface area contributed by atoms with Crippen LogP contribution in [0.2, 0.25) is 0 Å². The van der Waals surface area contributed by atoms with E-state index in [1.807, 2.05) is 54.6 Å². The summed E-state index contributed by atoms with van der Waals surface area (Å²) in [5.41, 5.74) is 0.754. The minimum atomic E-state index is -0.517. The van der Waals surface area contributed by atoms with Gasteiger partial charge in [0.1, 0.15) is 30.6 Å². The summed E-state index contributed by atoms with van der Waals surface area (Å²) < 4.78 is 28.1. The second-order valence-electron chi connectivity index (χ2n) is 8.37. The summed E-state index contributed by atoms with van der Waals surface area (Å²) in [7, 11) is 3.12. The largest absolute Gasteiger partial charge is 0.493 e. The Kier molecular flexibility index (Phi) is 8.31. The Hall–Kier alpha value is -4.77. The number of hydrogen-bond donors (Lipinski definition) is 1. The lowest BCUT2D eigenvalue weighted by Crippen LogP contribution is -2.35. The number of nitrogens with zero attached hydrogens (tertiary/aromatic N) is 3. The molecule has 0 spiro atoms. The molecule has 2 aliphatic heterocycles. The molecule has 3 aromatic carbocycles. The third kappa shape index (κ3) is 6.10. The predicted octanol–water partition coefficient (Wildman–Crippen LogP) is 4.86. The number of methoxy groups -OCH3 is 2. The number of carbonyl (C=O) groups is 1. The van der Waals surface area contributed by atoms with Gasteiger partial charge in [-0.2, -0.15) is 15.1 Å². The molecule has 0 saturated carbocycles. The molecule has 1 N–H and O–H groups in total. The summed E-state index contributed by atoms with van der Waals surface area (Å²) >= 11 is 1.21. The number of fused-ring (bicyclic) bond motifs is 1. The van der Waals surface area contributed by atoms with Crippen molar-refractivity contribution in [1.29, 1.82) is 5.41 Å². The van der Waals surface area contributed by atoms with E-state index in [4.69, 9.17) is 29.1 Å². The van der Waals surface area contributed by atoms with Gasteiger partial charge in [-0.1, -0.05) is 36.4 Å². The first kappa shape index (κ1) is 26.8. The highest BCUT2D eigenvalue weighted by molar-refractivity contribution is 8.27. The SMILES string of the molecule is COc1ccccc1OCCOc1ccc(/C=C2/C(=N)N3N=C(COc4ccccc4)SC3=NC2=O)cc1OC. The fourth-order valence-corrected chi connectivity index (χ4v) is 4.65. The van der Waals surface area contributed by atoms with Crippen molar-refractivity contribution in [2.45, 2.75) is 0 Å². The van der Waals surface area contributed by atoms with Crippen LogP contribution in [-0.4, -0.2) is 61.0 Å². The molecular formula is C29H26N4O6S. The zero-order chi connectivity index (χ0) is 27.9. The maximum Gasteiger partial charge on any atom is 0.283 e. The Morgan fingerprint density at radius 2 is 1.52 bits per heavy atom. The van der Waals surface area contributed by atoms with Gasteiger partial charge >= 0.3 is 0 Å². The number of thioether (sulfide) groups is 1. The van der Waals surface area contributed by atoms with Crippen molar-refractivity contribution in [2.75, 3.05) is 34.0 Å². The number of aliphatic imine (C=N–C) groups is 1. The molecule has 0 aliphatic carbocycles. The monoisotopic (exact) mass is 558 g/mol. The Morgan fingerprint density at radius 3 is 2.25 bits per heavy atom. The van der Waals surface area contributed by atoms with Gasteiger partial charge in [0.15, 0.2) is 28.8 Å². The molecule has 0 atom stereocenters. The highest BCUT2D eigenvalue weighted by Gasteiger charge is 2.35. The van der Waals surface area contributed by atoms with Crippen molar-refractivity contribution < 1.29 is 28.5 Å². The average Bonchev–Trinajstić information content (AvgIpc) is 3.40. The van der Waals surface area contributed by atoms with Gasteiger partial charge in [0, 0.05) is 0 Å². The predicted molar refractivity (Wildman–Crippen MR) is 154 cm³/mol. The van der Waals surface area contributed by atoms with Gasteiger partial charge in [-0.15, -0.1) is 0 Å². The van der Waals surface area contributed by atoms with Gasteiger partial charge < -0.3 is 23.7 Å². The summed E-state index contributed by atoms with van der Waals surface area (Å²) in [6, 6.07) is 22.0. The third-order valence-corrected chi connectivity index (χ3v) is 6.65. The zero-order valence-corrected chi connectivity index (χ0v) is 22.6. The lowest BCUT2D eigenvalue weighted by Gasteiger charge is -2.20. The summed E-state index contributed by atoms with van der Waals surface area (Å²) in [6.07, 6.45) is 1.58. The van der Waals surface area contributed by atoms with E-state index in [1.165, 1.54) is 23.9 Å². The van der Waals surface area contributed by atoms with E-state index in [-0.39, 0.29) is 24.6 Å². The van der Waals surface area contributed by atoms with Crippen LogP contribution >= 0.6 is 11.8 Å². The maximum atomic E-state index is 12.8. The fourth-order valence-electron chi connectivity index (χ4n) is 3.85. The summed E-state index contributed by atoms with van der Waals surface area (Å²) in [6.45, 7) is 0.776. The number of carbonyl (C=O) groups excluding carboxylic acids is 1. The molecule has 1 amide bonds. The van der Waals surface area contributed by atoms with Crippen LogP contribution in [0.4, 0.5) is 0 Å². The molecule has 2 aliphatic rings. The topological polar surface area (TPSA) is 115 Å². The lowest BCUT2D eigenvalue weighted by molar-refractivity contribution is -0.114. The van der Waals surface area contributed by atoms with Gasteiger partial charge in [0.2, 0.25) is 5.17 Å². The maximum absolute atomic E-state index is 12.8. The van der Waals surface area contributed by atoms with Crippen LogP contribution in [0.15, 0.2) is 88.5 Å². The summed E-state index contributed by atoms with van der Waals surface area (Å²) in [5, 5.41) is 15.3. The van der Waals surface area contributed by atoms with E-state index >= 15 is 0 Å². The Morgan fingerprint density at radius 1 is 0.850 bits per heavy atom. The van der Waals surface area contributed by atoms with Gasteiger partial charge in [0.05, 0.1) is 19.8 Å². The molecule has 5 rings (SSSR count). The van der Waals surface area contributed by atoms with Crippen molar-refractivity contribution in [3.05, 3.63) is 83.9 Å². The molecule has 0 unspecified atom stereocenters. The van der Waals surface area contributed by atoms with Crippen LogP contribution in [0.25, 0.3) is 6.08 Å². The van der Waals surface area contributed by atoms with Crippen LogP contribution in [0.3, 0.4) is 0 Å². The highest BCUT2D eigenvalue weighted by atomic mass is 32.2. The van der Waals surface area contributed by atoms with E-state index in [0.29, 0.717) is 51.1 Å². The molecule has 11 heteroatoms. The van der Waals surface area contributed by atoms with E-state index in [9.17, 15) is 4.79 Å². The van der Waals surface area contributed by atoms with Crippen molar-refractivity contribution in [3.8, 4) is 28.7 Å². The van der Waals surface area contributed by atoms with Crippen LogP contribution in [0.5, 0.6) is 28.7 Å². The molecule has 0 saturated heterocycles. The molecule has 2 heterocycles. The van der Waals surface area contributed by atoms with Gasteiger partial charge in [0.25, 0.3) is 5.91 Å². The molecule has 10 nitrogen and oxygen atoms in total. The minimum Gasteiger partial charge on any atom is -0.493 e. The second-order valence-corrected chi connectivity index (χ2v) is 9.41. The van der Waals surface area contributed by atoms with Gasteiger partial charge in [-0.3, -0.25) is 10.2 Å². The molecule has 40 heavy (non-hydrogen) atoms. The Balaban J connectivity index is 1.23. The lowest BCUT2D eigenvalue weighted by atomic mass is 10.1. The molecule has 3 aromatic rings. The number of benzene rings is 3. The Labute approximate surface area is 235 Å². The number of amides is 1. The number of para-hydroxylation sites is 3. The van der Waals surface area contributed by atoms with Gasteiger partial charge in [-0.25, -0.2) is 0 Å². The molecular weight excluding hydrogens is 532 g/mol. The minimum absolute atomic E-state index is 0.0648. The number of rotatable bonds is 11. The average molecular weight is 559 g/mol. The summed E-state index contributed by atoms with van der Waals surface area (Å²) in [5.74, 6) is 2.39. The van der Waals surface area contributed by atoms with Crippen LogP contribution < -0.4 is 23.7 Å². The zero-order valence-electron chi connectivity index (χ0n) is 21.8. The van der Waals surface area contributed by atoms with E-state index in [0.717, 1.165) is 0 Å². The number of amidine groups is 2. The van der Waals surface area contributed by atoms with E-state index in [1.54, 1.807) is 31.4 Å². The van der Waals surface area contributed by atoms with Crippen molar-refractivity contribution >= 4 is 39.8 Å². The first-order valence-electron chi connectivity index (χ1n) is 12.3. The number of hydrazone groups is 1.